The van der Waals surface area contributed by atoms with Crippen molar-refractivity contribution < 1.29 is 9.53 Å². The number of nitrogens with zero attached hydrogens (tertiary/aromatic N) is 2. The lowest BCUT2D eigenvalue weighted by atomic mass is 9.89. The van der Waals surface area contributed by atoms with Gasteiger partial charge in [0.1, 0.15) is 10.5 Å². The third kappa shape index (κ3) is 3.03. The van der Waals surface area contributed by atoms with E-state index in [-0.39, 0.29) is 11.3 Å². The summed E-state index contributed by atoms with van der Waals surface area (Å²) in [5.74, 6) is 0.450. The lowest BCUT2D eigenvalue weighted by molar-refractivity contribution is 0.0313. The molecule has 6 nitrogen and oxygen atoms in total. The molecule has 0 aromatic carbocycles. The molecule has 0 unspecified atom stereocenters. The van der Waals surface area contributed by atoms with Crippen molar-refractivity contribution >= 4 is 27.5 Å². The number of pyridine rings is 1. The van der Waals surface area contributed by atoms with Crippen LogP contribution >= 0.6 is 11.3 Å². The Balaban J connectivity index is 1.65. The molecule has 2 atom stereocenters. The highest BCUT2D eigenvalue weighted by Crippen LogP contribution is 2.35. The number of carbonyl (C=O) groups is 1. The number of aromatic nitrogens is 3. The van der Waals surface area contributed by atoms with Gasteiger partial charge in [-0.2, -0.15) is 0 Å². The van der Waals surface area contributed by atoms with Gasteiger partial charge in [0.15, 0.2) is 11.9 Å². The Kier molecular flexibility index (Phi) is 4.32. The van der Waals surface area contributed by atoms with E-state index >= 15 is 0 Å². The van der Waals surface area contributed by atoms with Crippen molar-refractivity contribution in [3.05, 3.63) is 56.7 Å². The Hall–Kier alpha value is -2.54. The molecule has 0 saturated heterocycles. The highest BCUT2D eigenvalue weighted by molar-refractivity contribution is 7.18. The van der Waals surface area contributed by atoms with Crippen molar-refractivity contribution in [3.8, 4) is 0 Å². The van der Waals surface area contributed by atoms with Crippen molar-refractivity contribution in [2.24, 2.45) is 5.92 Å². The number of thiophene rings is 1. The maximum atomic E-state index is 12.6. The van der Waals surface area contributed by atoms with E-state index in [9.17, 15) is 9.59 Å². The number of rotatable bonds is 3. The fraction of sp³-hybridized carbons (Fsp3) is 0.368. The van der Waals surface area contributed by atoms with Crippen molar-refractivity contribution in [2.45, 2.75) is 39.2 Å². The molecule has 1 aliphatic carbocycles. The summed E-state index contributed by atoms with van der Waals surface area (Å²) in [6.07, 6.45) is 3.88. The van der Waals surface area contributed by atoms with Gasteiger partial charge in [0.25, 0.3) is 5.56 Å². The highest BCUT2D eigenvalue weighted by Gasteiger charge is 2.24. The van der Waals surface area contributed by atoms with Crippen LogP contribution in [0.1, 0.15) is 53.1 Å². The first-order valence-electron chi connectivity index (χ1n) is 8.69. The van der Waals surface area contributed by atoms with Crippen molar-refractivity contribution in [3.63, 3.8) is 0 Å². The number of fused-ring (bicyclic) bond motifs is 3. The molecular formula is C19H19N3O3S. The molecule has 0 bridgehead atoms. The van der Waals surface area contributed by atoms with Crippen LogP contribution in [-0.2, 0) is 17.6 Å². The van der Waals surface area contributed by atoms with Gasteiger partial charge < -0.3 is 9.72 Å². The van der Waals surface area contributed by atoms with E-state index in [0.717, 1.165) is 29.7 Å². The number of ether oxygens (including phenoxy) is 1. The number of esters is 1. The number of hydrogen-bond donors (Lipinski definition) is 1. The molecule has 3 aromatic heterocycles. The summed E-state index contributed by atoms with van der Waals surface area (Å²) in [6, 6.07) is 5.03. The molecule has 0 aliphatic heterocycles. The third-order valence-electron chi connectivity index (χ3n) is 4.73. The van der Waals surface area contributed by atoms with Gasteiger partial charge in [-0.25, -0.2) is 14.8 Å². The normalized spacial score (nSPS) is 17.7. The van der Waals surface area contributed by atoms with Crippen LogP contribution in [0.5, 0.6) is 0 Å². The van der Waals surface area contributed by atoms with E-state index in [1.807, 2.05) is 0 Å². The van der Waals surface area contributed by atoms with Gasteiger partial charge in [-0.1, -0.05) is 13.0 Å². The summed E-state index contributed by atoms with van der Waals surface area (Å²) in [5.41, 5.74) is 1.21. The highest BCUT2D eigenvalue weighted by atomic mass is 32.1. The van der Waals surface area contributed by atoms with E-state index in [4.69, 9.17) is 4.74 Å². The lowest BCUT2D eigenvalue weighted by Gasteiger charge is -2.17. The van der Waals surface area contributed by atoms with Gasteiger partial charge in [-0.05, 0) is 49.8 Å². The molecule has 0 radical (unpaired) electrons. The quantitative estimate of drug-likeness (QED) is 0.715. The number of aryl methyl sites for hydroxylation is 1. The summed E-state index contributed by atoms with van der Waals surface area (Å²) >= 11 is 1.58. The topological polar surface area (TPSA) is 84.9 Å². The van der Waals surface area contributed by atoms with Crippen LogP contribution in [0.15, 0.2) is 29.2 Å². The first kappa shape index (κ1) is 16.9. The van der Waals surface area contributed by atoms with Gasteiger partial charge in [0.2, 0.25) is 0 Å². The maximum absolute atomic E-state index is 12.6. The molecule has 3 aromatic rings. The third-order valence-corrected chi connectivity index (χ3v) is 5.87. The van der Waals surface area contributed by atoms with E-state index < -0.39 is 12.1 Å². The van der Waals surface area contributed by atoms with E-state index in [2.05, 4.69) is 21.9 Å². The van der Waals surface area contributed by atoms with Crippen LogP contribution in [0.2, 0.25) is 0 Å². The molecular weight excluding hydrogens is 350 g/mol. The second-order valence-electron chi connectivity index (χ2n) is 6.75. The number of hydrogen-bond acceptors (Lipinski definition) is 6. The Labute approximate surface area is 154 Å². The molecule has 4 rings (SSSR count). The molecule has 26 heavy (non-hydrogen) atoms. The number of H-pyrrole nitrogens is 1. The lowest BCUT2D eigenvalue weighted by Crippen LogP contribution is -2.18. The SMILES string of the molecule is C[C@@H]1CCc2c(sc3nc([C@H](C)OC(=O)c4ccccn4)[nH]c(=O)c23)C1. The zero-order valence-corrected chi connectivity index (χ0v) is 15.4. The molecule has 3 heterocycles. The summed E-state index contributed by atoms with van der Waals surface area (Å²) in [4.78, 5) is 38.1. The van der Waals surface area contributed by atoms with Crippen molar-refractivity contribution in [2.75, 3.05) is 0 Å². The van der Waals surface area contributed by atoms with Crippen LogP contribution in [0, 0.1) is 5.92 Å². The van der Waals surface area contributed by atoms with Crippen LogP contribution < -0.4 is 5.56 Å². The summed E-state index contributed by atoms with van der Waals surface area (Å²) in [6.45, 7) is 3.93. The largest absolute Gasteiger partial charge is 0.450 e. The summed E-state index contributed by atoms with van der Waals surface area (Å²) < 4.78 is 5.42. The van der Waals surface area contributed by atoms with Gasteiger partial charge >= 0.3 is 5.97 Å². The zero-order valence-electron chi connectivity index (χ0n) is 14.6. The average molecular weight is 369 g/mol. The maximum Gasteiger partial charge on any atom is 0.357 e. The Bertz CT molecular complexity index is 1030. The number of aromatic amines is 1. The van der Waals surface area contributed by atoms with Crippen LogP contribution in [0.3, 0.4) is 0 Å². The smallest absolute Gasteiger partial charge is 0.357 e. The average Bonchev–Trinajstić information content (AvgIpc) is 3.00. The zero-order chi connectivity index (χ0) is 18.3. The molecule has 0 spiro atoms. The predicted octanol–water partition coefficient (Wildman–Crippen LogP) is 3.42. The van der Waals surface area contributed by atoms with E-state index in [1.165, 1.54) is 11.1 Å². The minimum Gasteiger partial charge on any atom is -0.450 e. The second-order valence-corrected chi connectivity index (χ2v) is 7.83. The van der Waals surface area contributed by atoms with E-state index in [0.29, 0.717) is 17.1 Å². The second kappa shape index (κ2) is 6.64. The van der Waals surface area contributed by atoms with Gasteiger partial charge in [0, 0.05) is 11.1 Å². The molecule has 134 valence electrons. The minimum absolute atomic E-state index is 0.155. The fourth-order valence-corrected chi connectivity index (χ4v) is 4.71. The molecule has 1 aliphatic rings. The minimum atomic E-state index is -0.667. The Morgan fingerprint density at radius 2 is 2.27 bits per heavy atom. The van der Waals surface area contributed by atoms with Crippen LogP contribution in [0.4, 0.5) is 0 Å². The summed E-state index contributed by atoms with van der Waals surface area (Å²) in [7, 11) is 0. The van der Waals surface area contributed by atoms with Gasteiger partial charge in [0.05, 0.1) is 5.39 Å². The number of carbonyl (C=O) groups excluding carboxylic acids is 1. The molecule has 0 amide bonds. The first-order chi connectivity index (χ1) is 12.5. The number of nitrogens with one attached hydrogen (secondary N) is 1. The van der Waals surface area contributed by atoms with Gasteiger partial charge in [-0.3, -0.25) is 4.79 Å². The van der Waals surface area contributed by atoms with Crippen LogP contribution in [0.25, 0.3) is 10.2 Å². The molecule has 1 N–H and O–H groups in total. The monoisotopic (exact) mass is 369 g/mol. The van der Waals surface area contributed by atoms with Crippen LogP contribution in [-0.4, -0.2) is 20.9 Å². The van der Waals surface area contributed by atoms with Gasteiger partial charge in [-0.15, -0.1) is 11.3 Å². The standard InChI is InChI=1S/C19H19N3O3S/c1-10-6-7-12-14(9-10)26-18-15(12)17(23)21-16(22-18)11(2)25-19(24)13-5-3-4-8-20-13/h3-5,8,10-11H,6-7,9H2,1-2H3,(H,21,22,23)/t10-,11+/m1/s1. The predicted molar refractivity (Wildman–Crippen MR) is 99.5 cm³/mol. The Morgan fingerprint density at radius 1 is 1.42 bits per heavy atom. The molecule has 0 saturated carbocycles. The fourth-order valence-electron chi connectivity index (χ4n) is 3.32. The summed E-state index contributed by atoms with van der Waals surface area (Å²) in [5, 5.41) is 0.698. The molecule has 7 heteroatoms. The van der Waals surface area contributed by atoms with Crippen molar-refractivity contribution in [1.29, 1.82) is 0 Å². The molecule has 0 fully saturated rings. The van der Waals surface area contributed by atoms with E-state index in [1.54, 1.807) is 36.5 Å². The Morgan fingerprint density at radius 3 is 3.04 bits per heavy atom. The van der Waals surface area contributed by atoms with Crippen molar-refractivity contribution in [1.82, 2.24) is 15.0 Å². The first-order valence-corrected chi connectivity index (χ1v) is 9.51.